The third kappa shape index (κ3) is 3.84. The molecule has 2 aromatic carbocycles. The van der Waals surface area contributed by atoms with Gasteiger partial charge in [-0.05, 0) is 24.6 Å². The molecule has 0 aliphatic carbocycles. The van der Waals surface area contributed by atoms with Gasteiger partial charge in [0.05, 0.1) is 0 Å². The van der Waals surface area contributed by atoms with E-state index < -0.39 is 11.8 Å². The van der Waals surface area contributed by atoms with Crippen LogP contribution in [0.2, 0.25) is 0 Å². The third-order valence-electron chi connectivity index (χ3n) is 3.58. The minimum absolute atomic E-state index is 0.299. The monoisotopic (exact) mass is 326 g/mol. The van der Waals surface area contributed by atoms with Crippen LogP contribution in [0.25, 0.3) is 0 Å². The minimum Gasteiger partial charge on any atom is -0.486 e. The normalized spacial score (nSPS) is 12.4. The van der Waals surface area contributed by atoms with Crippen LogP contribution in [-0.2, 0) is 16.1 Å². The van der Waals surface area contributed by atoms with Gasteiger partial charge in [-0.15, -0.1) is 0 Å². The second-order valence-corrected chi connectivity index (χ2v) is 5.48. The molecule has 0 atom stereocenters. The highest BCUT2D eigenvalue weighted by Gasteiger charge is 2.16. The van der Waals surface area contributed by atoms with E-state index in [1.165, 1.54) is 0 Å². The first kappa shape index (κ1) is 15.9. The van der Waals surface area contributed by atoms with E-state index in [9.17, 15) is 9.59 Å². The molecule has 1 heterocycles. The predicted molar refractivity (Wildman–Crippen MR) is 89.1 cm³/mol. The summed E-state index contributed by atoms with van der Waals surface area (Å²) in [6.45, 7) is 3.25. The first-order valence-corrected chi connectivity index (χ1v) is 7.66. The molecule has 0 aromatic heterocycles. The van der Waals surface area contributed by atoms with Crippen LogP contribution in [-0.4, -0.2) is 25.0 Å². The smallest absolute Gasteiger partial charge is 0.313 e. The van der Waals surface area contributed by atoms with Crippen LogP contribution in [0.15, 0.2) is 42.5 Å². The van der Waals surface area contributed by atoms with Gasteiger partial charge in [-0.3, -0.25) is 9.59 Å². The highest BCUT2D eigenvalue weighted by Crippen LogP contribution is 2.32. The topological polar surface area (TPSA) is 76.7 Å². The Bertz CT molecular complexity index is 756. The Morgan fingerprint density at radius 3 is 2.42 bits per heavy atom. The number of carbonyl (C=O) groups excluding carboxylic acids is 2. The van der Waals surface area contributed by atoms with Crippen LogP contribution in [0.1, 0.15) is 11.1 Å². The van der Waals surface area contributed by atoms with Gasteiger partial charge in [0.15, 0.2) is 11.5 Å². The first-order chi connectivity index (χ1) is 11.6. The van der Waals surface area contributed by atoms with Crippen molar-refractivity contribution in [2.75, 3.05) is 18.5 Å². The van der Waals surface area contributed by atoms with Crippen LogP contribution in [0.5, 0.6) is 11.5 Å². The summed E-state index contributed by atoms with van der Waals surface area (Å²) in [5.41, 5.74) is 2.55. The van der Waals surface area contributed by atoms with Crippen LogP contribution < -0.4 is 20.1 Å². The number of hydrogen-bond acceptors (Lipinski definition) is 4. The molecule has 6 heteroatoms. The number of hydrogen-bond donors (Lipinski definition) is 2. The Morgan fingerprint density at radius 1 is 0.958 bits per heavy atom. The van der Waals surface area contributed by atoms with Crippen LogP contribution >= 0.6 is 0 Å². The van der Waals surface area contributed by atoms with E-state index in [4.69, 9.17) is 9.47 Å². The lowest BCUT2D eigenvalue weighted by Gasteiger charge is -2.18. The summed E-state index contributed by atoms with van der Waals surface area (Å²) in [5.74, 6) is -0.230. The number of nitrogens with one attached hydrogen (secondary N) is 2. The van der Waals surface area contributed by atoms with E-state index in [0.29, 0.717) is 36.9 Å². The van der Waals surface area contributed by atoms with Crippen molar-refractivity contribution in [3.63, 3.8) is 0 Å². The van der Waals surface area contributed by atoms with E-state index in [1.54, 1.807) is 18.2 Å². The van der Waals surface area contributed by atoms with Crippen molar-refractivity contribution < 1.29 is 19.1 Å². The maximum Gasteiger partial charge on any atom is 0.313 e. The van der Waals surface area contributed by atoms with E-state index in [0.717, 1.165) is 11.1 Å². The van der Waals surface area contributed by atoms with Crippen molar-refractivity contribution in [1.82, 2.24) is 5.32 Å². The second kappa shape index (κ2) is 7.04. The van der Waals surface area contributed by atoms with Gasteiger partial charge < -0.3 is 20.1 Å². The molecule has 0 radical (unpaired) electrons. The van der Waals surface area contributed by atoms with Crippen LogP contribution in [0.3, 0.4) is 0 Å². The van der Waals surface area contributed by atoms with Gasteiger partial charge >= 0.3 is 11.8 Å². The molecule has 0 spiro atoms. The van der Waals surface area contributed by atoms with Gasteiger partial charge in [0.2, 0.25) is 0 Å². The zero-order valence-electron chi connectivity index (χ0n) is 13.3. The molecule has 1 aliphatic heterocycles. The lowest BCUT2D eigenvalue weighted by atomic mass is 10.1. The van der Waals surface area contributed by atoms with Gasteiger partial charge in [-0.2, -0.15) is 0 Å². The largest absolute Gasteiger partial charge is 0.486 e. The number of carbonyl (C=O) groups is 2. The summed E-state index contributed by atoms with van der Waals surface area (Å²) in [5, 5.41) is 5.14. The number of rotatable bonds is 3. The standard InChI is InChI=1S/C18H18N2O4/c1-12-2-4-13(5-3-12)11-19-17(21)18(22)20-14-6-7-15-16(10-14)24-9-8-23-15/h2-7,10H,8-9,11H2,1H3,(H,19,21)(H,20,22). The molecule has 0 saturated heterocycles. The lowest BCUT2D eigenvalue weighted by molar-refractivity contribution is -0.136. The maximum absolute atomic E-state index is 12.0. The number of amides is 2. The number of aryl methyl sites for hydroxylation is 1. The molecule has 0 fully saturated rings. The van der Waals surface area contributed by atoms with Gasteiger partial charge in [0, 0.05) is 18.3 Å². The molecule has 124 valence electrons. The molecule has 2 aromatic rings. The molecule has 1 aliphatic rings. The van der Waals surface area contributed by atoms with Crippen molar-refractivity contribution >= 4 is 17.5 Å². The van der Waals surface area contributed by atoms with E-state index in [2.05, 4.69) is 10.6 Å². The van der Waals surface area contributed by atoms with Gasteiger partial charge in [-0.1, -0.05) is 29.8 Å². The predicted octanol–water partition coefficient (Wildman–Crippen LogP) is 2.02. The van der Waals surface area contributed by atoms with Crippen molar-refractivity contribution in [3.05, 3.63) is 53.6 Å². The third-order valence-corrected chi connectivity index (χ3v) is 3.58. The molecular formula is C18H18N2O4. The van der Waals surface area contributed by atoms with Gasteiger partial charge in [-0.25, -0.2) is 0 Å². The van der Waals surface area contributed by atoms with Crippen molar-refractivity contribution in [3.8, 4) is 11.5 Å². The lowest BCUT2D eigenvalue weighted by Crippen LogP contribution is -2.35. The Balaban J connectivity index is 1.56. The number of ether oxygens (including phenoxy) is 2. The molecule has 2 N–H and O–H groups in total. The van der Waals surface area contributed by atoms with E-state index in [1.807, 2.05) is 31.2 Å². The Labute approximate surface area is 139 Å². The molecule has 2 amide bonds. The highest BCUT2D eigenvalue weighted by atomic mass is 16.6. The number of fused-ring (bicyclic) bond motifs is 1. The molecule has 0 saturated carbocycles. The summed E-state index contributed by atoms with van der Waals surface area (Å²) in [6, 6.07) is 12.7. The maximum atomic E-state index is 12.0. The summed E-state index contributed by atoms with van der Waals surface area (Å²) in [7, 11) is 0. The molecule has 0 unspecified atom stereocenters. The fourth-order valence-corrected chi connectivity index (χ4v) is 2.28. The average molecular weight is 326 g/mol. The molecule has 0 bridgehead atoms. The fourth-order valence-electron chi connectivity index (χ4n) is 2.28. The van der Waals surface area contributed by atoms with E-state index >= 15 is 0 Å². The Hall–Kier alpha value is -3.02. The summed E-state index contributed by atoms with van der Waals surface area (Å²) >= 11 is 0. The van der Waals surface area contributed by atoms with E-state index in [-0.39, 0.29) is 0 Å². The second-order valence-electron chi connectivity index (χ2n) is 5.48. The summed E-state index contributed by atoms with van der Waals surface area (Å²) < 4.78 is 10.9. The van der Waals surface area contributed by atoms with Crippen LogP contribution in [0.4, 0.5) is 5.69 Å². The van der Waals surface area contributed by atoms with Crippen molar-refractivity contribution in [2.24, 2.45) is 0 Å². The molecule has 24 heavy (non-hydrogen) atoms. The Morgan fingerprint density at radius 2 is 1.67 bits per heavy atom. The van der Waals surface area contributed by atoms with Gasteiger partial charge in [0.1, 0.15) is 13.2 Å². The quantitative estimate of drug-likeness (QED) is 0.846. The Kier molecular flexibility index (Phi) is 4.65. The molecular weight excluding hydrogens is 308 g/mol. The number of benzene rings is 2. The van der Waals surface area contributed by atoms with Crippen molar-refractivity contribution in [1.29, 1.82) is 0 Å². The first-order valence-electron chi connectivity index (χ1n) is 7.66. The van der Waals surface area contributed by atoms with Crippen molar-refractivity contribution in [2.45, 2.75) is 13.5 Å². The SMILES string of the molecule is Cc1ccc(CNC(=O)C(=O)Nc2ccc3c(c2)OCCO3)cc1. The molecule has 6 nitrogen and oxygen atoms in total. The zero-order valence-corrected chi connectivity index (χ0v) is 13.3. The zero-order chi connectivity index (χ0) is 16.9. The fraction of sp³-hybridized carbons (Fsp3) is 0.222. The summed E-state index contributed by atoms with van der Waals surface area (Å²) in [4.78, 5) is 23.9. The molecule has 3 rings (SSSR count). The van der Waals surface area contributed by atoms with Gasteiger partial charge in [0.25, 0.3) is 0 Å². The van der Waals surface area contributed by atoms with Crippen LogP contribution in [0, 0.1) is 6.92 Å². The minimum atomic E-state index is -0.723. The summed E-state index contributed by atoms with van der Waals surface area (Å²) in [6.07, 6.45) is 0. The average Bonchev–Trinajstić information content (AvgIpc) is 2.61. The highest BCUT2D eigenvalue weighted by molar-refractivity contribution is 6.39. The number of anilines is 1.